The zero-order chi connectivity index (χ0) is 30.9. The summed E-state index contributed by atoms with van der Waals surface area (Å²) < 4.78 is 41.3. The second-order valence-electron chi connectivity index (χ2n) is 12.3. The fourth-order valence-electron chi connectivity index (χ4n) is 5.98. The number of benzene rings is 1. The first-order valence-corrected chi connectivity index (χ1v) is 15.3. The number of nitrogens with zero attached hydrogens (tertiary/aromatic N) is 5. The molecule has 43 heavy (non-hydrogen) atoms. The van der Waals surface area contributed by atoms with Crippen molar-refractivity contribution in [2.75, 3.05) is 31.1 Å². The number of hydrogen-bond donors (Lipinski definition) is 1. The van der Waals surface area contributed by atoms with Gasteiger partial charge in [0.05, 0.1) is 36.0 Å². The molecule has 0 saturated carbocycles. The molecule has 2 aliphatic rings. The Balaban J connectivity index is 1.36. The number of aryl methyl sites for hydroxylation is 1. The molecule has 0 radical (unpaired) electrons. The Morgan fingerprint density at radius 1 is 1.12 bits per heavy atom. The van der Waals surface area contributed by atoms with Crippen molar-refractivity contribution in [3.8, 4) is 11.3 Å². The molecule has 230 valence electrons. The minimum Gasteiger partial charge on any atom is -0.481 e. The third kappa shape index (κ3) is 7.41. The van der Waals surface area contributed by atoms with E-state index < -0.39 is 17.7 Å². The van der Waals surface area contributed by atoms with Crippen LogP contribution in [0.3, 0.4) is 0 Å². The minimum atomic E-state index is -4.48. The van der Waals surface area contributed by atoms with Gasteiger partial charge in [-0.05, 0) is 56.2 Å². The summed E-state index contributed by atoms with van der Waals surface area (Å²) in [7, 11) is 0. The zero-order valence-corrected chi connectivity index (χ0v) is 25.4. The topological polar surface area (TPSA) is 99.5 Å². The van der Waals surface area contributed by atoms with Crippen molar-refractivity contribution in [1.82, 2.24) is 19.9 Å². The van der Waals surface area contributed by atoms with E-state index in [0.29, 0.717) is 54.6 Å². The molecule has 0 bridgehead atoms. The number of thiazole rings is 1. The molecular formula is C31H36F3N5O3S. The van der Waals surface area contributed by atoms with Crippen LogP contribution in [0.25, 0.3) is 11.3 Å². The Morgan fingerprint density at radius 2 is 1.86 bits per heavy atom. The van der Waals surface area contributed by atoms with Crippen molar-refractivity contribution in [2.24, 2.45) is 11.3 Å². The molecule has 2 aliphatic heterocycles. The quantitative estimate of drug-likeness (QED) is 0.296. The molecule has 8 nitrogen and oxygen atoms in total. The molecule has 2 saturated heterocycles. The smallest absolute Gasteiger partial charge is 0.416 e. The number of halogens is 3. The number of ketones is 1. The number of carboxylic acids is 1. The van der Waals surface area contributed by atoms with Crippen LogP contribution in [0, 0.1) is 18.3 Å². The van der Waals surface area contributed by atoms with E-state index in [-0.39, 0.29) is 34.8 Å². The minimum absolute atomic E-state index is 0.0425. The highest BCUT2D eigenvalue weighted by molar-refractivity contribution is 7.12. The summed E-state index contributed by atoms with van der Waals surface area (Å²) in [6, 6.07) is 4.29. The number of piperidine rings is 2. The standard InChI is InChI=1S/C31H36F3N5O3S/c1-19-5-6-21(13-22(19)31(32,33)34)28-25(17-38-10-4-9-30(2,3)18-38)43-27(37-28)14-24(40)23-15-36-26(16-35-23)39-11-7-20(8-12-39)29(41)42/h5-6,13,15-16,20H,4,7-12,14,17-18H2,1-3H3,(H,41,42). The molecule has 4 heterocycles. The van der Waals surface area contributed by atoms with Gasteiger partial charge in [0, 0.05) is 36.6 Å². The molecule has 3 aromatic rings. The molecule has 2 fully saturated rings. The third-order valence-electron chi connectivity index (χ3n) is 8.31. The van der Waals surface area contributed by atoms with Gasteiger partial charge in [-0.1, -0.05) is 26.0 Å². The third-order valence-corrected chi connectivity index (χ3v) is 9.35. The lowest BCUT2D eigenvalue weighted by Gasteiger charge is -2.37. The van der Waals surface area contributed by atoms with Crippen LogP contribution in [0.5, 0.6) is 0 Å². The molecule has 12 heteroatoms. The van der Waals surface area contributed by atoms with Crippen molar-refractivity contribution in [2.45, 2.75) is 65.6 Å². The molecule has 1 aromatic carbocycles. The summed E-state index contributed by atoms with van der Waals surface area (Å²) >= 11 is 1.36. The van der Waals surface area contributed by atoms with E-state index in [9.17, 15) is 27.9 Å². The molecule has 0 aliphatic carbocycles. The van der Waals surface area contributed by atoms with Crippen LogP contribution in [0.4, 0.5) is 19.0 Å². The maximum Gasteiger partial charge on any atom is 0.416 e. The van der Waals surface area contributed by atoms with E-state index in [4.69, 9.17) is 4.98 Å². The molecule has 5 rings (SSSR count). The van der Waals surface area contributed by atoms with Crippen molar-refractivity contribution < 1.29 is 27.9 Å². The number of carbonyl (C=O) groups excluding carboxylic acids is 1. The summed E-state index contributed by atoms with van der Waals surface area (Å²) in [6.07, 6.45) is 1.62. The number of carboxylic acid groups (broad SMARTS) is 1. The van der Waals surface area contributed by atoms with E-state index in [1.807, 2.05) is 4.90 Å². The lowest BCUT2D eigenvalue weighted by atomic mass is 9.84. The van der Waals surface area contributed by atoms with Crippen molar-refractivity contribution in [3.05, 3.63) is 57.3 Å². The van der Waals surface area contributed by atoms with Gasteiger partial charge in [-0.2, -0.15) is 13.2 Å². The highest BCUT2D eigenvalue weighted by atomic mass is 32.1. The number of rotatable bonds is 8. The Labute approximate surface area is 253 Å². The van der Waals surface area contributed by atoms with E-state index >= 15 is 0 Å². The van der Waals surface area contributed by atoms with Gasteiger partial charge in [0.1, 0.15) is 16.5 Å². The largest absolute Gasteiger partial charge is 0.481 e. The Kier molecular flexibility index (Phi) is 8.89. The van der Waals surface area contributed by atoms with E-state index in [1.165, 1.54) is 36.7 Å². The predicted molar refractivity (Wildman–Crippen MR) is 158 cm³/mol. The number of alkyl halides is 3. The van der Waals surface area contributed by atoms with Crippen molar-refractivity contribution in [3.63, 3.8) is 0 Å². The molecule has 1 N–H and O–H groups in total. The van der Waals surface area contributed by atoms with E-state index in [2.05, 4.69) is 28.7 Å². The first kappa shape index (κ1) is 31.1. The van der Waals surface area contributed by atoms with Gasteiger partial charge < -0.3 is 10.0 Å². The van der Waals surface area contributed by atoms with Gasteiger partial charge in [-0.15, -0.1) is 11.3 Å². The Bertz CT molecular complexity index is 1480. The van der Waals surface area contributed by atoms with E-state index in [1.54, 1.807) is 6.07 Å². The van der Waals surface area contributed by atoms with Gasteiger partial charge >= 0.3 is 12.1 Å². The number of Topliss-reactive ketones (excluding diaryl/α,β-unsaturated/α-hetero) is 1. The second kappa shape index (κ2) is 12.3. The van der Waals surface area contributed by atoms with Gasteiger partial charge in [-0.3, -0.25) is 14.5 Å². The maximum atomic E-state index is 13.8. The highest BCUT2D eigenvalue weighted by Gasteiger charge is 2.33. The SMILES string of the molecule is Cc1ccc(-c2nc(CC(=O)c3cnc(N4CCC(C(=O)O)CC4)cn3)sc2CN2CCCC(C)(C)C2)cc1C(F)(F)F. The first-order chi connectivity index (χ1) is 20.3. The number of aromatic nitrogens is 3. The molecule has 0 spiro atoms. The van der Waals surface area contributed by atoms with Gasteiger partial charge in [0.25, 0.3) is 0 Å². The lowest BCUT2D eigenvalue weighted by Crippen LogP contribution is -2.39. The number of aliphatic carboxylic acids is 1. The second-order valence-corrected chi connectivity index (χ2v) is 13.5. The van der Waals surface area contributed by atoms with Gasteiger partial charge in [0.2, 0.25) is 0 Å². The summed E-state index contributed by atoms with van der Waals surface area (Å²) in [5.74, 6) is -0.847. The van der Waals surface area contributed by atoms with Gasteiger partial charge in [0.15, 0.2) is 5.78 Å². The summed E-state index contributed by atoms with van der Waals surface area (Å²) in [5, 5.41) is 9.74. The maximum absolute atomic E-state index is 13.8. The van der Waals surface area contributed by atoms with Crippen molar-refractivity contribution in [1.29, 1.82) is 0 Å². The van der Waals surface area contributed by atoms with Crippen LogP contribution in [0.15, 0.2) is 30.6 Å². The fraction of sp³-hybridized carbons (Fsp3) is 0.516. The van der Waals surface area contributed by atoms with Crippen LogP contribution in [0.2, 0.25) is 0 Å². The average molecular weight is 616 g/mol. The molecule has 0 atom stereocenters. The van der Waals surface area contributed by atoms with Crippen LogP contribution in [-0.4, -0.2) is 62.9 Å². The van der Waals surface area contributed by atoms with E-state index in [0.717, 1.165) is 36.9 Å². The summed E-state index contributed by atoms with van der Waals surface area (Å²) in [6.45, 7) is 9.29. The lowest BCUT2D eigenvalue weighted by molar-refractivity contribution is -0.142. The molecular weight excluding hydrogens is 579 g/mol. The normalized spacial score (nSPS) is 18.1. The Hall–Kier alpha value is -3.38. The number of hydrogen-bond acceptors (Lipinski definition) is 8. The monoisotopic (exact) mass is 615 g/mol. The average Bonchev–Trinajstić information content (AvgIpc) is 3.33. The fourth-order valence-corrected chi connectivity index (χ4v) is 7.11. The van der Waals surface area contributed by atoms with Crippen LogP contribution < -0.4 is 4.90 Å². The van der Waals surface area contributed by atoms with Crippen molar-refractivity contribution >= 4 is 28.9 Å². The van der Waals surface area contributed by atoms with Crippen LogP contribution in [0.1, 0.15) is 71.0 Å². The van der Waals surface area contributed by atoms with Gasteiger partial charge in [-0.25, -0.2) is 15.0 Å². The predicted octanol–water partition coefficient (Wildman–Crippen LogP) is 6.28. The number of anilines is 1. The Morgan fingerprint density at radius 3 is 2.49 bits per heavy atom. The number of carbonyl (C=O) groups is 2. The molecule has 0 amide bonds. The van der Waals surface area contributed by atoms with Crippen LogP contribution in [-0.2, 0) is 23.9 Å². The summed E-state index contributed by atoms with van der Waals surface area (Å²) in [5.41, 5.74) is 0.641. The van der Waals surface area contributed by atoms with Crippen LogP contribution >= 0.6 is 11.3 Å². The highest BCUT2D eigenvalue weighted by Crippen LogP contribution is 2.38. The first-order valence-electron chi connectivity index (χ1n) is 14.5. The zero-order valence-electron chi connectivity index (χ0n) is 24.6. The molecule has 0 unspecified atom stereocenters. The summed E-state index contributed by atoms with van der Waals surface area (Å²) in [4.78, 5) is 43.0. The molecule has 2 aromatic heterocycles. The number of likely N-dealkylation sites (tertiary alicyclic amines) is 1.